The zero-order valence-corrected chi connectivity index (χ0v) is 12.1. The molecule has 0 radical (unpaired) electrons. The molecule has 1 amide bonds. The van der Waals surface area contributed by atoms with Gasteiger partial charge in [-0.15, -0.1) is 0 Å². The van der Waals surface area contributed by atoms with Crippen molar-refractivity contribution in [3.8, 4) is 0 Å². The van der Waals surface area contributed by atoms with E-state index in [-0.39, 0.29) is 23.6 Å². The molecule has 0 saturated carbocycles. The molecule has 1 aromatic rings. The lowest BCUT2D eigenvalue weighted by Crippen LogP contribution is -2.38. The van der Waals surface area contributed by atoms with Crippen LogP contribution in [0.5, 0.6) is 0 Å². The lowest BCUT2D eigenvalue weighted by Gasteiger charge is -2.24. The van der Waals surface area contributed by atoms with Crippen molar-refractivity contribution in [2.75, 3.05) is 27.4 Å². The Labute approximate surface area is 123 Å². The van der Waals surface area contributed by atoms with Crippen LogP contribution in [0, 0.1) is 0 Å². The van der Waals surface area contributed by atoms with Gasteiger partial charge in [-0.05, 0) is 24.6 Å². The molecule has 1 aromatic carbocycles. The third kappa shape index (κ3) is 3.40. The van der Waals surface area contributed by atoms with Gasteiger partial charge in [0, 0.05) is 26.3 Å². The minimum absolute atomic E-state index is 0.0169. The molecule has 1 saturated heterocycles. The van der Waals surface area contributed by atoms with Crippen LogP contribution < -0.4 is 0 Å². The van der Waals surface area contributed by atoms with Gasteiger partial charge >= 0.3 is 5.97 Å². The molecular weight excluding hydrogens is 274 g/mol. The number of carboxylic acid groups (broad SMARTS) is 1. The second kappa shape index (κ2) is 6.69. The minimum atomic E-state index is -1.05. The Balaban J connectivity index is 2.21. The maximum absolute atomic E-state index is 12.6. The second-order valence-corrected chi connectivity index (χ2v) is 5.05. The molecular formula is C15H19NO5. The van der Waals surface area contributed by atoms with Gasteiger partial charge in [0.25, 0.3) is 5.91 Å². The molecule has 1 N–H and O–H groups in total. The molecule has 1 heterocycles. The first-order chi connectivity index (χ1) is 10.1. The molecule has 1 aliphatic heterocycles. The van der Waals surface area contributed by atoms with Crippen molar-refractivity contribution < 1.29 is 24.2 Å². The van der Waals surface area contributed by atoms with Crippen LogP contribution in [-0.4, -0.2) is 61.4 Å². The first-order valence-electron chi connectivity index (χ1n) is 6.73. The summed E-state index contributed by atoms with van der Waals surface area (Å²) >= 11 is 0. The lowest BCUT2D eigenvalue weighted by molar-refractivity contribution is 0.0612. The standard InChI is InChI=1S/C15H19NO5/c1-20-9-12-7-13(21-2)8-16(12)14(17)10-4-3-5-11(6-10)15(18)19/h3-6,12-13H,7-9H2,1-2H3,(H,18,19)/t12-,13-/m0/s1. The van der Waals surface area contributed by atoms with Gasteiger partial charge in [-0.2, -0.15) is 0 Å². The highest BCUT2D eigenvalue weighted by Crippen LogP contribution is 2.23. The van der Waals surface area contributed by atoms with Gasteiger partial charge in [0.1, 0.15) is 0 Å². The average Bonchev–Trinajstić information content (AvgIpc) is 2.90. The molecule has 2 atom stereocenters. The van der Waals surface area contributed by atoms with Crippen molar-refractivity contribution in [2.45, 2.75) is 18.6 Å². The molecule has 0 bridgehead atoms. The number of aromatic carboxylic acids is 1. The third-order valence-electron chi connectivity index (χ3n) is 3.69. The number of hydrogen-bond acceptors (Lipinski definition) is 4. The fourth-order valence-corrected chi connectivity index (χ4v) is 2.59. The summed E-state index contributed by atoms with van der Waals surface area (Å²) < 4.78 is 10.5. The SMILES string of the molecule is COC[C@@H]1C[C@H](OC)CN1C(=O)c1cccc(C(=O)O)c1. The zero-order valence-electron chi connectivity index (χ0n) is 12.1. The van der Waals surface area contributed by atoms with Crippen LogP contribution in [0.15, 0.2) is 24.3 Å². The third-order valence-corrected chi connectivity index (χ3v) is 3.69. The van der Waals surface area contributed by atoms with Crippen molar-refractivity contribution in [3.63, 3.8) is 0 Å². The molecule has 0 unspecified atom stereocenters. The summed E-state index contributed by atoms with van der Waals surface area (Å²) in [6.07, 6.45) is 0.700. The van der Waals surface area contributed by atoms with E-state index in [1.165, 1.54) is 12.1 Å². The van der Waals surface area contributed by atoms with Crippen LogP contribution in [0.3, 0.4) is 0 Å². The molecule has 0 spiro atoms. The van der Waals surface area contributed by atoms with Crippen LogP contribution in [-0.2, 0) is 9.47 Å². The molecule has 114 valence electrons. The number of benzene rings is 1. The Kier molecular flexibility index (Phi) is 4.93. The monoisotopic (exact) mass is 293 g/mol. The number of methoxy groups -OCH3 is 2. The van der Waals surface area contributed by atoms with Gasteiger partial charge in [0.05, 0.1) is 24.3 Å². The Morgan fingerprint density at radius 3 is 2.67 bits per heavy atom. The van der Waals surface area contributed by atoms with Crippen LogP contribution in [0.25, 0.3) is 0 Å². The number of hydrogen-bond donors (Lipinski definition) is 1. The maximum Gasteiger partial charge on any atom is 0.335 e. The predicted molar refractivity (Wildman–Crippen MR) is 75.5 cm³/mol. The van der Waals surface area contributed by atoms with E-state index < -0.39 is 5.97 Å². The molecule has 6 heteroatoms. The second-order valence-electron chi connectivity index (χ2n) is 5.05. The number of carbonyl (C=O) groups excluding carboxylic acids is 1. The summed E-state index contributed by atoms with van der Waals surface area (Å²) in [5.74, 6) is -1.24. The molecule has 0 aliphatic carbocycles. The maximum atomic E-state index is 12.6. The Hall–Kier alpha value is -1.92. The Morgan fingerprint density at radius 1 is 1.33 bits per heavy atom. The number of ether oxygens (including phenoxy) is 2. The normalized spacial score (nSPS) is 21.5. The first-order valence-corrected chi connectivity index (χ1v) is 6.73. The summed E-state index contributed by atoms with van der Waals surface area (Å²) in [7, 11) is 3.21. The average molecular weight is 293 g/mol. The van der Waals surface area contributed by atoms with E-state index >= 15 is 0 Å². The van der Waals surface area contributed by atoms with Crippen LogP contribution >= 0.6 is 0 Å². The molecule has 0 aromatic heterocycles. The van der Waals surface area contributed by atoms with Crippen LogP contribution in [0.4, 0.5) is 0 Å². The fraction of sp³-hybridized carbons (Fsp3) is 0.467. The van der Waals surface area contributed by atoms with Crippen molar-refractivity contribution in [2.24, 2.45) is 0 Å². The highest BCUT2D eigenvalue weighted by molar-refractivity contribution is 5.97. The van der Waals surface area contributed by atoms with E-state index in [2.05, 4.69) is 0 Å². The number of amides is 1. The molecule has 2 rings (SSSR count). The first kappa shape index (κ1) is 15.5. The summed E-state index contributed by atoms with van der Waals surface area (Å²) in [5.41, 5.74) is 0.472. The van der Waals surface area contributed by atoms with Crippen molar-refractivity contribution in [3.05, 3.63) is 35.4 Å². The quantitative estimate of drug-likeness (QED) is 0.884. The van der Waals surface area contributed by atoms with E-state index in [1.807, 2.05) is 0 Å². The molecule has 21 heavy (non-hydrogen) atoms. The van der Waals surface area contributed by atoms with Crippen LogP contribution in [0.1, 0.15) is 27.1 Å². The smallest absolute Gasteiger partial charge is 0.335 e. The highest BCUT2D eigenvalue weighted by atomic mass is 16.5. The van der Waals surface area contributed by atoms with E-state index in [0.717, 1.165) is 0 Å². The summed E-state index contributed by atoms with van der Waals surface area (Å²) in [6.45, 7) is 0.922. The number of nitrogens with zero attached hydrogens (tertiary/aromatic N) is 1. The largest absolute Gasteiger partial charge is 0.478 e. The number of carbonyl (C=O) groups is 2. The Morgan fingerprint density at radius 2 is 2.05 bits per heavy atom. The van der Waals surface area contributed by atoms with Crippen molar-refractivity contribution >= 4 is 11.9 Å². The van der Waals surface area contributed by atoms with E-state index in [9.17, 15) is 9.59 Å². The van der Waals surface area contributed by atoms with E-state index in [0.29, 0.717) is 25.1 Å². The van der Waals surface area contributed by atoms with Crippen molar-refractivity contribution in [1.82, 2.24) is 4.90 Å². The van der Waals surface area contributed by atoms with Crippen LogP contribution in [0.2, 0.25) is 0 Å². The molecule has 1 aliphatic rings. The summed E-state index contributed by atoms with van der Waals surface area (Å²) in [5, 5.41) is 9.01. The molecule has 1 fully saturated rings. The zero-order chi connectivity index (χ0) is 15.4. The predicted octanol–water partition coefficient (Wildman–Crippen LogP) is 1.26. The van der Waals surface area contributed by atoms with E-state index in [4.69, 9.17) is 14.6 Å². The van der Waals surface area contributed by atoms with Gasteiger partial charge in [-0.25, -0.2) is 4.79 Å². The topological polar surface area (TPSA) is 76.1 Å². The van der Waals surface area contributed by atoms with Crippen molar-refractivity contribution in [1.29, 1.82) is 0 Å². The van der Waals surface area contributed by atoms with Gasteiger partial charge in [-0.1, -0.05) is 6.07 Å². The summed E-state index contributed by atoms with van der Waals surface area (Å²) in [6, 6.07) is 6.01. The van der Waals surface area contributed by atoms with Gasteiger partial charge in [0.2, 0.25) is 0 Å². The Bertz CT molecular complexity index is 531. The minimum Gasteiger partial charge on any atom is -0.478 e. The number of carboxylic acids is 1. The highest BCUT2D eigenvalue weighted by Gasteiger charge is 2.35. The molecule has 6 nitrogen and oxygen atoms in total. The van der Waals surface area contributed by atoms with E-state index in [1.54, 1.807) is 31.3 Å². The summed E-state index contributed by atoms with van der Waals surface area (Å²) in [4.78, 5) is 25.3. The number of likely N-dealkylation sites (tertiary alicyclic amines) is 1. The van der Waals surface area contributed by atoms with Gasteiger partial charge in [0.15, 0.2) is 0 Å². The number of rotatable bonds is 5. The fourth-order valence-electron chi connectivity index (χ4n) is 2.59. The lowest BCUT2D eigenvalue weighted by atomic mass is 10.1. The van der Waals surface area contributed by atoms with Gasteiger partial charge < -0.3 is 19.5 Å². The van der Waals surface area contributed by atoms with Gasteiger partial charge in [-0.3, -0.25) is 4.79 Å².